The third kappa shape index (κ3) is 2.44. The number of benzene rings is 1. The van der Waals surface area contributed by atoms with Crippen molar-refractivity contribution in [3.8, 4) is 11.3 Å². The van der Waals surface area contributed by atoms with Crippen molar-refractivity contribution in [3.05, 3.63) is 59.4 Å². The van der Waals surface area contributed by atoms with Crippen LogP contribution in [-0.4, -0.2) is 9.38 Å². The monoisotopic (exact) mass is 298 g/mol. The zero-order chi connectivity index (χ0) is 15.0. The van der Waals surface area contributed by atoms with Gasteiger partial charge in [-0.3, -0.25) is 0 Å². The number of hydrogen-bond donors (Lipinski definition) is 0. The molecular weight excluding hydrogens is 280 g/mol. The van der Waals surface area contributed by atoms with Gasteiger partial charge in [-0.1, -0.05) is 44.2 Å². The molecule has 0 saturated heterocycles. The molecule has 2 heterocycles. The van der Waals surface area contributed by atoms with Crippen molar-refractivity contribution in [3.63, 3.8) is 0 Å². The minimum Gasteiger partial charge on any atom is -0.302 e. The average Bonchev–Trinajstić information content (AvgIpc) is 2.87. The molecule has 0 atom stereocenters. The fourth-order valence-corrected chi connectivity index (χ4v) is 2.89. The Bertz CT molecular complexity index is 770. The molecule has 0 aliphatic rings. The first-order valence-corrected chi connectivity index (χ1v) is 7.78. The molecule has 1 aromatic carbocycles. The van der Waals surface area contributed by atoms with Crippen molar-refractivity contribution in [2.45, 2.75) is 32.6 Å². The zero-order valence-electron chi connectivity index (χ0n) is 12.6. The molecule has 2 aromatic heterocycles. The van der Waals surface area contributed by atoms with E-state index < -0.39 is 0 Å². The molecule has 0 N–H and O–H groups in total. The topological polar surface area (TPSA) is 17.3 Å². The number of halogens is 1. The number of imidazole rings is 1. The number of pyridine rings is 1. The summed E-state index contributed by atoms with van der Waals surface area (Å²) in [6.07, 6.45) is 2.03. The SMILES string of the molecule is Cc1cccn2c(CCl)c(-c3ccc(C(C)C)cc3)nc12. The van der Waals surface area contributed by atoms with Crippen LogP contribution in [0.25, 0.3) is 16.9 Å². The van der Waals surface area contributed by atoms with E-state index in [4.69, 9.17) is 16.6 Å². The molecule has 0 amide bonds. The lowest BCUT2D eigenvalue weighted by Gasteiger charge is -2.06. The molecule has 0 radical (unpaired) electrons. The van der Waals surface area contributed by atoms with Crippen LogP contribution in [0, 0.1) is 6.92 Å². The summed E-state index contributed by atoms with van der Waals surface area (Å²) in [4.78, 5) is 4.81. The lowest BCUT2D eigenvalue weighted by molar-refractivity contribution is 0.867. The lowest BCUT2D eigenvalue weighted by Crippen LogP contribution is -1.92. The molecule has 0 unspecified atom stereocenters. The summed E-state index contributed by atoms with van der Waals surface area (Å²) >= 11 is 6.18. The molecule has 3 heteroatoms. The zero-order valence-corrected chi connectivity index (χ0v) is 13.4. The van der Waals surface area contributed by atoms with Crippen molar-refractivity contribution >= 4 is 17.2 Å². The third-order valence-corrected chi connectivity index (χ3v) is 4.17. The van der Waals surface area contributed by atoms with Crippen molar-refractivity contribution < 1.29 is 0 Å². The third-order valence-electron chi connectivity index (χ3n) is 3.92. The first kappa shape index (κ1) is 14.2. The maximum Gasteiger partial charge on any atom is 0.140 e. The van der Waals surface area contributed by atoms with Crippen LogP contribution in [0.4, 0.5) is 0 Å². The van der Waals surface area contributed by atoms with Gasteiger partial charge in [0.05, 0.1) is 17.3 Å². The number of hydrogen-bond acceptors (Lipinski definition) is 1. The fourth-order valence-electron chi connectivity index (χ4n) is 2.64. The molecule has 21 heavy (non-hydrogen) atoms. The first-order chi connectivity index (χ1) is 10.1. The van der Waals surface area contributed by atoms with Crippen LogP contribution >= 0.6 is 11.6 Å². The molecular formula is C18H19ClN2. The Balaban J connectivity index is 2.17. The summed E-state index contributed by atoms with van der Waals surface area (Å²) in [7, 11) is 0. The molecule has 2 nitrogen and oxygen atoms in total. The van der Waals surface area contributed by atoms with E-state index in [-0.39, 0.29) is 0 Å². The van der Waals surface area contributed by atoms with Crippen LogP contribution in [0.5, 0.6) is 0 Å². The molecule has 0 aliphatic carbocycles. The number of alkyl halides is 1. The van der Waals surface area contributed by atoms with Crippen LogP contribution in [0.3, 0.4) is 0 Å². The van der Waals surface area contributed by atoms with E-state index in [1.54, 1.807) is 0 Å². The summed E-state index contributed by atoms with van der Waals surface area (Å²) < 4.78 is 2.09. The van der Waals surface area contributed by atoms with E-state index in [2.05, 4.69) is 55.5 Å². The number of fused-ring (bicyclic) bond motifs is 1. The smallest absolute Gasteiger partial charge is 0.140 e. The van der Waals surface area contributed by atoms with Gasteiger partial charge in [0, 0.05) is 11.8 Å². The van der Waals surface area contributed by atoms with Gasteiger partial charge in [-0.2, -0.15) is 0 Å². The van der Waals surface area contributed by atoms with E-state index in [9.17, 15) is 0 Å². The Morgan fingerprint density at radius 1 is 1.14 bits per heavy atom. The molecule has 0 bridgehead atoms. The van der Waals surface area contributed by atoms with Crippen molar-refractivity contribution in [2.24, 2.45) is 0 Å². The standard InChI is InChI=1S/C18H19ClN2/c1-12(2)14-6-8-15(9-7-14)17-16(11-19)21-10-4-5-13(3)18(21)20-17/h4-10,12H,11H2,1-3H3. The van der Waals surface area contributed by atoms with Gasteiger partial charge in [-0.15, -0.1) is 11.6 Å². The van der Waals surface area contributed by atoms with Crippen LogP contribution in [0.2, 0.25) is 0 Å². The van der Waals surface area contributed by atoms with Gasteiger partial charge < -0.3 is 4.40 Å². The molecule has 0 spiro atoms. The van der Waals surface area contributed by atoms with E-state index in [0.717, 1.165) is 28.2 Å². The molecule has 0 aliphatic heterocycles. The maximum absolute atomic E-state index is 6.18. The summed E-state index contributed by atoms with van der Waals surface area (Å²) in [5.74, 6) is 0.987. The summed E-state index contributed by atoms with van der Waals surface area (Å²) in [5.41, 5.74) is 6.64. The highest BCUT2D eigenvalue weighted by atomic mass is 35.5. The number of aromatic nitrogens is 2. The summed E-state index contributed by atoms with van der Waals surface area (Å²) in [6, 6.07) is 12.7. The predicted octanol–water partition coefficient (Wildman–Crippen LogP) is 5.17. The summed E-state index contributed by atoms with van der Waals surface area (Å²) in [6.45, 7) is 6.48. The van der Waals surface area contributed by atoms with Gasteiger partial charge >= 0.3 is 0 Å². The van der Waals surface area contributed by atoms with E-state index >= 15 is 0 Å². The number of aryl methyl sites for hydroxylation is 1. The van der Waals surface area contributed by atoms with Crippen molar-refractivity contribution in [1.82, 2.24) is 9.38 Å². The normalized spacial score (nSPS) is 11.5. The fraction of sp³-hybridized carbons (Fsp3) is 0.278. The molecule has 0 fully saturated rings. The van der Waals surface area contributed by atoms with Gasteiger partial charge in [0.1, 0.15) is 5.65 Å². The highest BCUT2D eigenvalue weighted by Crippen LogP contribution is 2.28. The van der Waals surface area contributed by atoms with Crippen LogP contribution in [-0.2, 0) is 5.88 Å². The Kier molecular flexibility index (Phi) is 3.73. The highest BCUT2D eigenvalue weighted by molar-refractivity contribution is 6.17. The maximum atomic E-state index is 6.18. The van der Waals surface area contributed by atoms with Gasteiger partial charge in [-0.25, -0.2) is 4.98 Å². The second-order valence-corrected chi connectivity index (χ2v) is 5.97. The average molecular weight is 299 g/mol. The predicted molar refractivity (Wildman–Crippen MR) is 89.0 cm³/mol. The van der Waals surface area contributed by atoms with Crippen molar-refractivity contribution in [2.75, 3.05) is 0 Å². The molecule has 3 aromatic rings. The van der Waals surface area contributed by atoms with Gasteiger partial charge in [0.25, 0.3) is 0 Å². The summed E-state index contributed by atoms with van der Waals surface area (Å²) in [5, 5.41) is 0. The number of nitrogens with zero attached hydrogens (tertiary/aromatic N) is 2. The van der Waals surface area contributed by atoms with Crippen LogP contribution in [0.1, 0.15) is 36.6 Å². The Morgan fingerprint density at radius 2 is 1.86 bits per heavy atom. The first-order valence-electron chi connectivity index (χ1n) is 7.24. The molecule has 0 saturated carbocycles. The Hall–Kier alpha value is -1.80. The lowest BCUT2D eigenvalue weighted by atomic mass is 10.0. The van der Waals surface area contributed by atoms with E-state index in [1.807, 2.05) is 12.3 Å². The van der Waals surface area contributed by atoms with E-state index in [1.165, 1.54) is 5.56 Å². The van der Waals surface area contributed by atoms with Gasteiger partial charge in [-0.05, 0) is 30.0 Å². The molecule has 108 valence electrons. The van der Waals surface area contributed by atoms with Crippen molar-refractivity contribution in [1.29, 1.82) is 0 Å². The largest absolute Gasteiger partial charge is 0.302 e. The van der Waals surface area contributed by atoms with Gasteiger partial charge in [0.2, 0.25) is 0 Å². The molecule has 3 rings (SSSR count). The number of rotatable bonds is 3. The Morgan fingerprint density at radius 3 is 2.48 bits per heavy atom. The minimum atomic E-state index is 0.450. The second kappa shape index (κ2) is 5.53. The van der Waals surface area contributed by atoms with Gasteiger partial charge in [0.15, 0.2) is 0 Å². The van der Waals surface area contributed by atoms with Crippen LogP contribution in [0.15, 0.2) is 42.6 Å². The second-order valence-electron chi connectivity index (χ2n) is 5.70. The van der Waals surface area contributed by atoms with E-state index in [0.29, 0.717) is 11.8 Å². The quantitative estimate of drug-likeness (QED) is 0.610. The van der Waals surface area contributed by atoms with Crippen LogP contribution < -0.4 is 0 Å². The minimum absolute atomic E-state index is 0.450. The Labute approximate surface area is 130 Å². The highest BCUT2D eigenvalue weighted by Gasteiger charge is 2.14.